The normalized spacial score (nSPS) is 26.6. The smallest absolute Gasteiger partial charge is 0.234 e. The zero-order valence-corrected chi connectivity index (χ0v) is 9.09. The van der Waals surface area contributed by atoms with E-state index in [1.807, 2.05) is 35.2 Å². The predicted octanol–water partition coefficient (Wildman–Crippen LogP) is 1.99. The highest BCUT2D eigenvalue weighted by Crippen LogP contribution is 2.37. The molecule has 0 radical (unpaired) electrons. The van der Waals surface area contributed by atoms with Gasteiger partial charge in [0, 0.05) is 11.8 Å². The van der Waals surface area contributed by atoms with Crippen molar-refractivity contribution in [2.24, 2.45) is 5.92 Å². The summed E-state index contributed by atoms with van der Waals surface area (Å²) in [5, 5.41) is 0. The van der Waals surface area contributed by atoms with Gasteiger partial charge in [-0.2, -0.15) is 0 Å². The molecule has 3 rings (SSSR count). The average Bonchev–Trinajstić information content (AvgIpc) is 2.89. The largest absolute Gasteiger partial charge is 0.497 e. The third kappa shape index (κ3) is 1.24. The van der Waals surface area contributed by atoms with E-state index in [9.17, 15) is 4.79 Å². The van der Waals surface area contributed by atoms with Crippen LogP contribution in [-0.4, -0.2) is 19.1 Å². The molecule has 1 fully saturated rings. The lowest BCUT2D eigenvalue weighted by molar-refractivity contribution is -0.119. The van der Waals surface area contributed by atoms with Gasteiger partial charge in [-0.25, -0.2) is 0 Å². The summed E-state index contributed by atoms with van der Waals surface area (Å²) >= 11 is 0. The molecule has 16 heavy (non-hydrogen) atoms. The van der Waals surface area contributed by atoms with Crippen molar-refractivity contribution < 1.29 is 9.53 Å². The van der Waals surface area contributed by atoms with E-state index < -0.39 is 0 Å². The summed E-state index contributed by atoms with van der Waals surface area (Å²) in [6.45, 7) is 0. The minimum Gasteiger partial charge on any atom is -0.497 e. The van der Waals surface area contributed by atoms with Crippen LogP contribution in [0.3, 0.4) is 0 Å². The molecule has 0 spiro atoms. The van der Waals surface area contributed by atoms with E-state index in [0.717, 1.165) is 17.9 Å². The van der Waals surface area contributed by atoms with Gasteiger partial charge in [0.15, 0.2) is 0 Å². The number of nitrogens with zero attached hydrogens (tertiary/aromatic N) is 1. The number of hydrogen-bond acceptors (Lipinski definition) is 2. The van der Waals surface area contributed by atoms with E-state index in [1.54, 1.807) is 7.11 Å². The first-order valence-electron chi connectivity index (χ1n) is 5.45. The molecule has 1 aromatic carbocycles. The number of fused-ring (bicyclic) bond motifs is 2. The topological polar surface area (TPSA) is 29.5 Å². The molecule has 1 heterocycles. The van der Waals surface area contributed by atoms with Crippen LogP contribution in [0.4, 0.5) is 5.69 Å². The van der Waals surface area contributed by atoms with Gasteiger partial charge >= 0.3 is 0 Å². The second-order valence-corrected chi connectivity index (χ2v) is 4.20. The molecule has 2 aliphatic rings. The molecule has 3 nitrogen and oxygen atoms in total. The first-order chi connectivity index (χ1) is 7.79. The Kier molecular flexibility index (Phi) is 1.99. The van der Waals surface area contributed by atoms with Crippen molar-refractivity contribution in [3.8, 4) is 5.75 Å². The molecule has 0 aromatic heterocycles. The highest BCUT2D eigenvalue weighted by atomic mass is 16.5. The summed E-state index contributed by atoms with van der Waals surface area (Å²) in [6.07, 6.45) is 5.06. The van der Waals surface area contributed by atoms with Gasteiger partial charge in [-0.05, 0) is 18.6 Å². The molecule has 82 valence electrons. The summed E-state index contributed by atoms with van der Waals surface area (Å²) in [5.41, 5.74) is 0.932. The van der Waals surface area contributed by atoms with Crippen LogP contribution in [0.5, 0.6) is 5.75 Å². The van der Waals surface area contributed by atoms with Gasteiger partial charge < -0.3 is 9.64 Å². The van der Waals surface area contributed by atoms with Gasteiger partial charge in [0.05, 0.1) is 19.1 Å². The Morgan fingerprint density at radius 3 is 2.94 bits per heavy atom. The number of amides is 1. The van der Waals surface area contributed by atoms with Gasteiger partial charge in [0.2, 0.25) is 5.91 Å². The van der Waals surface area contributed by atoms with Crippen molar-refractivity contribution in [3.63, 3.8) is 0 Å². The van der Waals surface area contributed by atoms with Crippen LogP contribution in [0, 0.1) is 5.92 Å². The second-order valence-electron chi connectivity index (χ2n) is 4.20. The minimum absolute atomic E-state index is 0.0937. The Morgan fingerprint density at radius 2 is 2.25 bits per heavy atom. The Bertz CT molecular complexity index is 467. The van der Waals surface area contributed by atoms with Gasteiger partial charge in [0.1, 0.15) is 5.75 Å². The number of ether oxygens (including phenoxy) is 1. The second kappa shape index (κ2) is 3.37. The van der Waals surface area contributed by atoms with Crippen molar-refractivity contribution in [2.75, 3.05) is 12.0 Å². The van der Waals surface area contributed by atoms with Crippen LogP contribution < -0.4 is 9.64 Å². The van der Waals surface area contributed by atoms with Crippen LogP contribution in [0.15, 0.2) is 36.4 Å². The molecule has 1 amide bonds. The monoisotopic (exact) mass is 215 g/mol. The Labute approximate surface area is 94.3 Å². The third-order valence-corrected chi connectivity index (χ3v) is 3.28. The van der Waals surface area contributed by atoms with Crippen molar-refractivity contribution in [3.05, 3.63) is 36.4 Å². The number of carbonyl (C=O) groups excluding carboxylic acids is 1. The SMILES string of the molecule is COc1cccc(N2C(=O)C3C=CC2C3)c1. The minimum atomic E-state index is 0.0937. The van der Waals surface area contributed by atoms with Crippen molar-refractivity contribution in [2.45, 2.75) is 12.5 Å². The molecule has 2 bridgehead atoms. The fraction of sp³-hybridized carbons (Fsp3) is 0.308. The van der Waals surface area contributed by atoms with Crippen LogP contribution in [0.25, 0.3) is 0 Å². The quantitative estimate of drug-likeness (QED) is 0.706. The van der Waals surface area contributed by atoms with Crippen molar-refractivity contribution in [1.82, 2.24) is 0 Å². The molecule has 1 aliphatic carbocycles. The number of carbonyl (C=O) groups is 1. The molecule has 2 atom stereocenters. The van der Waals surface area contributed by atoms with Gasteiger partial charge in [-0.3, -0.25) is 4.79 Å². The number of benzene rings is 1. The zero-order valence-electron chi connectivity index (χ0n) is 9.09. The zero-order chi connectivity index (χ0) is 11.1. The van der Waals surface area contributed by atoms with Crippen molar-refractivity contribution in [1.29, 1.82) is 0 Å². The summed E-state index contributed by atoms with van der Waals surface area (Å²) in [5.74, 6) is 1.09. The number of anilines is 1. The van der Waals surface area contributed by atoms with E-state index in [1.165, 1.54) is 0 Å². The van der Waals surface area contributed by atoms with Crippen molar-refractivity contribution >= 4 is 11.6 Å². The summed E-state index contributed by atoms with van der Waals surface area (Å²) in [7, 11) is 1.64. The van der Waals surface area contributed by atoms with E-state index in [4.69, 9.17) is 4.74 Å². The van der Waals surface area contributed by atoms with E-state index in [2.05, 4.69) is 6.08 Å². The first-order valence-corrected chi connectivity index (χ1v) is 5.45. The lowest BCUT2D eigenvalue weighted by Gasteiger charge is -2.24. The summed E-state index contributed by atoms with van der Waals surface area (Å²) in [4.78, 5) is 13.9. The van der Waals surface area contributed by atoms with E-state index >= 15 is 0 Å². The van der Waals surface area contributed by atoms with Gasteiger partial charge in [-0.15, -0.1) is 0 Å². The molecule has 1 saturated heterocycles. The first kappa shape index (κ1) is 9.46. The van der Waals surface area contributed by atoms with E-state index in [0.29, 0.717) is 0 Å². The van der Waals surface area contributed by atoms with Crippen LogP contribution >= 0.6 is 0 Å². The van der Waals surface area contributed by atoms with Crippen LogP contribution in [0.2, 0.25) is 0 Å². The third-order valence-electron chi connectivity index (χ3n) is 3.28. The maximum atomic E-state index is 12.0. The molecule has 1 aliphatic heterocycles. The van der Waals surface area contributed by atoms with Gasteiger partial charge in [-0.1, -0.05) is 18.2 Å². The number of hydrogen-bond donors (Lipinski definition) is 0. The average molecular weight is 215 g/mol. The fourth-order valence-electron chi connectivity index (χ4n) is 2.48. The highest BCUT2D eigenvalue weighted by Gasteiger charge is 2.41. The Balaban J connectivity index is 1.98. The van der Waals surface area contributed by atoms with Gasteiger partial charge in [0.25, 0.3) is 0 Å². The summed E-state index contributed by atoms with van der Waals surface area (Å²) < 4.78 is 5.17. The molecular weight excluding hydrogens is 202 g/mol. The lowest BCUT2D eigenvalue weighted by Crippen LogP contribution is -2.34. The number of rotatable bonds is 2. The summed E-state index contributed by atoms with van der Waals surface area (Å²) in [6, 6.07) is 7.90. The van der Waals surface area contributed by atoms with Crippen LogP contribution in [-0.2, 0) is 4.79 Å². The molecule has 2 unspecified atom stereocenters. The van der Waals surface area contributed by atoms with E-state index in [-0.39, 0.29) is 17.9 Å². The maximum Gasteiger partial charge on any atom is 0.234 e. The molecule has 0 N–H and O–H groups in total. The Morgan fingerprint density at radius 1 is 1.38 bits per heavy atom. The molecule has 3 heteroatoms. The maximum absolute atomic E-state index is 12.0. The standard InChI is InChI=1S/C13H13NO2/c1-16-12-4-2-3-10(8-12)14-11-6-5-9(7-11)13(14)15/h2-6,8-9,11H,7H2,1H3. The Hall–Kier alpha value is -1.77. The molecule has 0 saturated carbocycles. The molecule has 1 aromatic rings. The lowest BCUT2D eigenvalue weighted by atomic mass is 10.1. The number of methoxy groups -OCH3 is 1. The fourth-order valence-corrected chi connectivity index (χ4v) is 2.48. The predicted molar refractivity (Wildman–Crippen MR) is 61.5 cm³/mol. The molecular formula is C13H13NO2. The highest BCUT2D eigenvalue weighted by molar-refractivity contribution is 6.01. The van der Waals surface area contributed by atoms with Crippen LogP contribution in [0.1, 0.15) is 6.42 Å².